The van der Waals surface area contributed by atoms with Crippen molar-refractivity contribution in [2.75, 3.05) is 0 Å². The molecule has 0 bridgehead atoms. The van der Waals surface area contributed by atoms with E-state index in [0.717, 1.165) is 0 Å². The maximum atomic E-state index is 13.9. The van der Waals surface area contributed by atoms with E-state index in [1.165, 1.54) is 29.2 Å². The van der Waals surface area contributed by atoms with Crippen LogP contribution in [-0.4, -0.2) is 24.7 Å². The molecule has 1 N–H and O–H groups in total. The Balaban J connectivity index is 1.59. The van der Waals surface area contributed by atoms with Crippen LogP contribution >= 0.6 is 23.1 Å². The number of hydrogen-bond acceptors (Lipinski definition) is 6. The number of aromatic amines is 1. The number of aromatic nitrogens is 5. The third-order valence-corrected chi connectivity index (χ3v) is 5.59. The van der Waals surface area contributed by atoms with E-state index in [-0.39, 0.29) is 11.4 Å². The number of rotatable bonds is 4. The molecule has 0 fully saturated rings. The Bertz CT molecular complexity index is 1120. The van der Waals surface area contributed by atoms with Crippen molar-refractivity contribution in [3.05, 3.63) is 57.7 Å². The first-order chi connectivity index (χ1) is 12.1. The maximum absolute atomic E-state index is 13.9. The van der Waals surface area contributed by atoms with E-state index in [4.69, 9.17) is 0 Å². The highest BCUT2D eigenvalue weighted by molar-refractivity contribution is 7.98. The van der Waals surface area contributed by atoms with Crippen molar-refractivity contribution in [2.45, 2.75) is 10.9 Å². The number of thioether (sulfide) groups is 1. The predicted molar refractivity (Wildman–Crippen MR) is 96.2 cm³/mol. The van der Waals surface area contributed by atoms with E-state index in [1.54, 1.807) is 29.8 Å². The lowest BCUT2D eigenvalue weighted by Crippen LogP contribution is -2.09. The van der Waals surface area contributed by atoms with Gasteiger partial charge >= 0.3 is 0 Å². The molecule has 0 aliphatic rings. The Hall–Kier alpha value is -2.52. The second kappa shape index (κ2) is 6.41. The van der Waals surface area contributed by atoms with Crippen molar-refractivity contribution in [3.63, 3.8) is 0 Å². The topological polar surface area (TPSA) is 76.5 Å². The van der Waals surface area contributed by atoms with Gasteiger partial charge < -0.3 is 9.55 Å². The number of halogens is 1. The molecule has 0 saturated heterocycles. The summed E-state index contributed by atoms with van der Waals surface area (Å²) >= 11 is 2.75. The Kier molecular flexibility index (Phi) is 4.10. The quantitative estimate of drug-likeness (QED) is 0.556. The van der Waals surface area contributed by atoms with E-state index in [0.29, 0.717) is 38.3 Å². The molecule has 0 spiro atoms. The third-order valence-electron chi connectivity index (χ3n) is 3.65. The van der Waals surface area contributed by atoms with Crippen molar-refractivity contribution < 1.29 is 4.39 Å². The summed E-state index contributed by atoms with van der Waals surface area (Å²) in [5, 5.41) is 10.7. The van der Waals surface area contributed by atoms with Crippen molar-refractivity contribution in [1.29, 1.82) is 0 Å². The molecular formula is C16H12FN5OS2. The third kappa shape index (κ3) is 2.96. The fourth-order valence-electron chi connectivity index (χ4n) is 2.44. The molecule has 0 amide bonds. The van der Waals surface area contributed by atoms with Crippen LogP contribution in [0.3, 0.4) is 0 Å². The van der Waals surface area contributed by atoms with Crippen molar-refractivity contribution in [1.82, 2.24) is 24.7 Å². The molecule has 1 aromatic carbocycles. The SMILES string of the molecule is Cn1c(SCc2nc3ccsc3c(=O)[nH]2)nnc1-c1ccccc1F. The summed E-state index contributed by atoms with van der Waals surface area (Å²) < 4.78 is 16.3. The Morgan fingerprint density at radius 3 is 2.96 bits per heavy atom. The van der Waals surface area contributed by atoms with E-state index in [2.05, 4.69) is 20.2 Å². The average molecular weight is 373 g/mol. The standard InChI is InChI=1S/C16H12FN5OS2/c1-22-14(9-4-2-3-5-10(9)17)20-21-16(22)25-8-12-18-11-6-7-24-13(11)15(23)19-12/h2-7H,8H2,1H3,(H,18,19,23). The second-order valence-corrected chi connectivity index (χ2v) is 7.14. The fourth-order valence-corrected chi connectivity index (χ4v) is 3.95. The summed E-state index contributed by atoms with van der Waals surface area (Å²) in [6.07, 6.45) is 0. The van der Waals surface area contributed by atoms with Gasteiger partial charge in [-0.25, -0.2) is 9.37 Å². The minimum atomic E-state index is -0.344. The summed E-state index contributed by atoms with van der Waals surface area (Å²) in [6.45, 7) is 0. The second-order valence-electron chi connectivity index (χ2n) is 5.28. The van der Waals surface area contributed by atoms with Crippen molar-refractivity contribution in [3.8, 4) is 11.4 Å². The maximum Gasteiger partial charge on any atom is 0.268 e. The Morgan fingerprint density at radius 1 is 1.28 bits per heavy atom. The Labute approximate surface area is 149 Å². The van der Waals surface area contributed by atoms with Gasteiger partial charge in [-0.1, -0.05) is 23.9 Å². The summed E-state index contributed by atoms with van der Waals surface area (Å²) in [4.78, 5) is 19.2. The van der Waals surface area contributed by atoms with Crippen LogP contribution in [-0.2, 0) is 12.8 Å². The molecule has 9 heteroatoms. The molecule has 0 aliphatic heterocycles. The van der Waals surface area contributed by atoms with E-state index >= 15 is 0 Å². The van der Waals surface area contributed by atoms with Gasteiger partial charge in [0.2, 0.25) is 0 Å². The molecule has 0 radical (unpaired) electrons. The summed E-state index contributed by atoms with van der Waals surface area (Å²) in [7, 11) is 1.78. The number of hydrogen-bond donors (Lipinski definition) is 1. The highest BCUT2D eigenvalue weighted by Crippen LogP contribution is 2.26. The first kappa shape index (κ1) is 16.0. The first-order valence-corrected chi connectivity index (χ1v) is 9.23. The molecule has 0 unspecified atom stereocenters. The number of nitrogens with one attached hydrogen (secondary N) is 1. The average Bonchev–Trinajstić information content (AvgIpc) is 3.21. The van der Waals surface area contributed by atoms with Gasteiger partial charge in [0, 0.05) is 7.05 Å². The summed E-state index contributed by atoms with van der Waals surface area (Å²) in [5.74, 6) is 1.11. The van der Waals surface area contributed by atoms with E-state index in [9.17, 15) is 9.18 Å². The van der Waals surface area contributed by atoms with Crippen LogP contribution in [0, 0.1) is 5.82 Å². The highest BCUT2D eigenvalue weighted by Gasteiger charge is 2.15. The molecule has 4 rings (SSSR count). The molecule has 4 aromatic rings. The minimum Gasteiger partial charge on any atom is -0.309 e. The lowest BCUT2D eigenvalue weighted by molar-refractivity contribution is 0.628. The van der Waals surface area contributed by atoms with E-state index < -0.39 is 0 Å². The molecule has 6 nitrogen and oxygen atoms in total. The van der Waals surface area contributed by atoms with Gasteiger partial charge in [-0.05, 0) is 23.6 Å². The number of H-pyrrole nitrogens is 1. The van der Waals surface area contributed by atoms with Crippen LogP contribution < -0.4 is 5.56 Å². The lowest BCUT2D eigenvalue weighted by atomic mass is 10.2. The zero-order chi connectivity index (χ0) is 17.4. The first-order valence-electron chi connectivity index (χ1n) is 7.37. The smallest absolute Gasteiger partial charge is 0.268 e. The number of thiophene rings is 1. The molecular weight excluding hydrogens is 361 g/mol. The van der Waals surface area contributed by atoms with Gasteiger partial charge in [0.25, 0.3) is 5.56 Å². The molecule has 25 heavy (non-hydrogen) atoms. The minimum absolute atomic E-state index is 0.138. The lowest BCUT2D eigenvalue weighted by Gasteiger charge is -2.04. The molecule has 126 valence electrons. The molecule has 3 heterocycles. The van der Waals surface area contributed by atoms with Crippen molar-refractivity contribution in [2.24, 2.45) is 7.05 Å². The van der Waals surface area contributed by atoms with Crippen LogP contribution in [0.5, 0.6) is 0 Å². The van der Waals surface area contributed by atoms with Gasteiger partial charge in [-0.3, -0.25) is 4.79 Å². The highest BCUT2D eigenvalue weighted by atomic mass is 32.2. The van der Waals surface area contributed by atoms with Gasteiger partial charge in [-0.2, -0.15) is 0 Å². The zero-order valence-electron chi connectivity index (χ0n) is 13.1. The molecule has 3 aromatic heterocycles. The van der Waals surface area contributed by atoms with Crippen LogP contribution in [0.1, 0.15) is 5.82 Å². The van der Waals surface area contributed by atoms with Gasteiger partial charge in [0.15, 0.2) is 11.0 Å². The van der Waals surface area contributed by atoms with Crippen LogP contribution in [0.2, 0.25) is 0 Å². The Morgan fingerprint density at radius 2 is 2.12 bits per heavy atom. The van der Waals surface area contributed by atoms with Crippen LogP contribution in [0.15, 0.2) is 45.7 Å². The normalized spacial score (nSPS) is 11.3. The number of benzene rings is 1. The van der Waals surface area contributed by atoms with Gasteiger partial charge in [-0.15, -0.1) is 21.5 Å². The molecule has 0 saturated carbocycles. The molecule has 0 aliphatic carbocycles. The van der Waals surface area contributed by atoms with Crippen molar-refractivity contribution >= 4 is 33.3 Å². The van der Waals surface area contributed by atoms with Crippen LogP contribution in [0.4, 0.5) is 4.39 Å². The van der Waals surface area contributed by atoms with Crippen LogP contribution in [0.25, 0.3) is 21.6 Å². The van der Waals surface area contributed by atoms with E-state index in [1.807, 2.05) is 11.4 Å². The monoisotopic (exact) mass is 373 g/mol. The number of nitrogens with zero attached hydrogens (tertiary/aromatic N) is 4. The molecule has 0 atom stereocenters. The van der Waals surface area contributed by atoms with Gasteiger partial charge in [0.05, 0.1) is 16.8 Å². The van der Waals surface area contributed by atoms with Gasteiger partial charge in [0.1, 0.15) is 16.3 Å². The summed E-state index contributed by atoms with van der Waals surface area (Å²) in [6, 6.07) is 8.26. The summed E-state index contributed by atoms with van der Waals surface area (Å²) in [5.41, 5.74) is 0.950. The number of fused-ring (bicyclic) bond motifs is 1. The predicted octanol–water partition coefficient (Wildman–Crippen LogP) is 3.21. The fraction of sp³-hybridized carbons (Fsp3) is 0.125. The zero-order valence-corrected chi connectivity index (χ0v) is 14.7. The largest absolute Gasteiger partial charge is 0.309 e.